The van der Waals surface area contributed by atoms with Gasteiger partial charge in [-0.3, -0.25) is 9.69 Å². The first-order chi connectivity index (χ1) is 12.0. The molecule has 0 aliphatic carbocycles. The van der Waals surface area contributed by atoms with Gasteiger partial charge in [0.05, 0.1) is 6.54 Å². The van der Waals surface area contributed by atoms with Crippen molar-refractivity contribution in [1.29, 1.82) is 0 Å². The lowest BCUT2D eigenvalue weighted by molar-refractivity contribution is -0.124. The maximum absolute atomic E-state index is 12.5. The van der Waals surface area contributed by atoms with Gasteiger partial charge in [-0.25, -0.2) is 0 Å². The van der Waals surface area contributed by atoms with Crippen LogP contribution in [0, 0.1) is 19.3 Å². The average Bonchev–Trinajstić information content (AvgIpc) is 2.48. The van der Waals surface area contributed by atoms with Gasteiger partial charge in [-0.15, -0.1) is 0 Å². The summed E-state index contributed by atoms with van der Waals surface area (Å²) in [5.41, 5.74) is 4.07. The van der Waals surface area contributed by atoms with Crippen molar-refractivity contribution >= 4 is 11.6 Å². The van der Waals surface area contributed by atoms with Crippen molar-refractivity contribution in [3.05, 3.63) is 29.3 Å². The van der Waals surface area contributed by atoms with Crippen LogP contribution in [0.4, 0.5) is 5.69 Å². The number of hydrogen-bond acceptors (Lipinski definition) is 3. The fourth-order valence-electron chi connectivity index (χ4n) is 4.22. The molecule has 0 atom stereocenters. The van der Waals surface area contributed by atoms with Gasteiger partial charge in [0, 0.05) is 37.4 Å². The van der Waals surface area contributed by atoms with Crippen molar-refractivity contribution in [3.63, 3.8) is 0 Å². The number of benzene rings is 1. The summed E-state index contributed by atoms with van der Waals surface area (Å²) in [4.78, 5) is 17.2. The van der Waals surface area contributed by atoms with Gasteiger partial charge in [-0.05, 0) is 56.7 Å². The third-order valence-corrected chi connectivity index (χ3v) is 5.11. The number of rotatable bonds is 5. The van der Waals surface area contributed by atoms with Gasteiger partial charge >= 0.3 is 0 Å². The zero-order valence-electron chi connectivity index (χ0n) is 17.8. The minimum absolute atomic E-state index is 0.138. The summed E-state index contributed by atoms with van der Waals surface area (Å²) in [6.07, 6.45) is 0.964. The van der Waals surface area contributed by atoms with Gasteiger partial charge in [0.25, 0.3) is 0 Å². The van der Waals surface area contributed by atoms with E-state index in [1.54, 1.807) is 0 Å². The number of amides is 1. The van der Waals surface area contributed by atoms with E-state index in [1.807, 2.05) is 0 Å². The van der Waals surface area contributed by atoms with Crippen molar-refractivity contribution in [2.45, 2.75) is 60.4 Å². The number of anilines is 1. The molecule has 1 aromatic carbocycles. The molecule has 0 spiro atoms. The summed E-state index contributed by atoms with van der Waals surface area (Å²) in [5, 5.41) is 3.23. The third-order valence-electron chi connectivity index (χ3n) is 5.11. The number of carbonyl (C=O) groups excluding carboxylic acids is 1. The Labute approximate surface area is 159 Å². The zero-order valence-corrected chi connectivity index (χ0v) is 17.8. The van der Waals surface area contributed by atoms with Crippen LogP contribution in [-0.2, 0) is 4.79 Å². The number of carbonyl (C=O) groups is 1. The van der Waals surface area contributed by atoms with Crippen LogP contribution in [0.1, 0.15) is 52.2 Å². The molecule has 26 heavy (non-hydrogen) atoms. The molecule has 0 aromatic heterocycles. The van der Waals surface area contributed by atoms with E-state index in [0.717, 1.165) is 32.6 Å². The molecule has 1 amide bonds. The van der Waals surface area contributed by atoms with Crippen molar-refractivity contribution < 1.29 is 4.79 Å². The number of nitrogens with one attached hydrogen (secondary N) is 1. The van der Waals surface area contributed by atoms with Crippen LogP contribution in [0.25, 0.3) is 0 Å². The van der Waals surface area contributed by atoms with E-state index in [0.29, 0.717) is 6.54 Å². The van der Waals surface area contributed by atoms with E-state index in [9.17, 15) is 4.79 Å². The highest BCUT2D eigenvalue weighted by molar-refractivity contribution is 5.78. The molecule has 0 saturated carbocycles. The number of nitrogens with zero attached hydrogens (tertiary/aromatic N) is 2. The molecule has 1 fully saturated rings. The highest BCUT2D eigenvalue weighted by Crippen LogP contribution is 2.27. The lowest BCUT2D eigenvalue weighted by Gasteiger charge is -2.38. The van der Waals surface area contributed by atoms with Gasteiger partial charge < -0.3 is 10.2 Å². The van der Waals surface area contributed by atoms with E-state index in [-0.39, 0.29) is 16.9 Å². The Balaban J connectivity index is 1.85. The predicted molar refractivity (Wildman–Crippen MR) is 111 cm³/mol. The van der Waals surface area contributed by atoms with E-state index in [1.165, 1.54) is 16.8 Å². The molecule has 1 aromatic rings. The highest BCUT2D eigenvalue weighted by Gasteiger charge is 2.28. The largest absolute Gasteiger partial charge is 0.369 e. The summed E-state index contributed by atoms with van der Waals surface area (Å²) >= 11 is 0. The molecule has 4 heteroatoms. The van der Waals surface area contributed by atoms with Gasteiger partial charge in [-0.2, -0.15) is 0 Å². The van der Waals surface area contributed by atoms with Crippen molar-refractivity contribution in [2.24, 2.45) is 5.41 Å². The second-order valence-electron chi connectivity index (χ2n) is 9.65. The number of piperazine rings is 1. The fourth-order valence-corrected chi connectivity index (χ4v) is 4.22. The first-order valence-corrected chi connectivity index (χ1v) is 9.81. The van der Waals surface area contributed by atoms with E-state index >= 15 is 0 Å². The molecule has 146 valence electrons. The predicted octanol–water partition coefficient (Wildman–Crippen LogP) is 3.76. The van der Waals surface area contributed by atoms with Gasteiger partial charge in [0.2, 0.25) is 5.91 Å². The van der Waals surface area contributed by atoms with Crippen LogP contribution in [0.5, 0.6) is 0 Å². The van der Waals surface area contributed by atoms with Crippen LogP contribution >= 0.6 is 0 Å². The summed E-state index contributed by atoms with van der Waals surface area (Å²) < 4.78 is 0. The standard InChI is InChI=1S/C22H37N3O/c1-17-9-8-10-19(18(17)2)25-13-11-24(12-14-25)15-20(26)23-22(6,7)16-21(3,4)5/h8-10H,11-16H2,1-7H3,(H,23,26). The lowest BCUT2D eigenvalue weighted by Crippen LogP contribution is -2.53. The Morgan fingerprint density at radius 1 is 1.04 bits per heavy atom. The van der Waals surface area contributed by atoms with E-state index < -0.39 is 0 Å². The first kappa shape index (κ1) is 20.8. The maximum Gasteiger partial charge on any atom is 0.234 e. The SMILES string of the molecule is Cc1cccc(N2CCN(CC(=O)NC(C)(C)CC(C)(C)C)CC2)c1C. The molecule has 0 radical (unpaired) electrons. The van der Waals surface area contributed by atoms with Crippen LogP contribution < -0.4 is 10.2 Å². The Morgan fingerprint density at radius 2 is 1.65 bits per heavy atom. The third kappa shape index (κ3) is 6.01. The molecular formula is C22H37N3O. The fraction of sp³-hybridized carbons (Fsp3) is 0.682. The second-order valence-corrected chi connectivity index (χ2v) is 9.65. The van der Waals surface area contributed by atoms with Crippen LogP contribution in [0.15, 0.2) is 18.2 Å². The number of aryl methyl sites for hydroxylation is 1. The van der Waals surface area contributed by atoms with Gasteiger partial charge in [-0.1, -0.05) is 32.9 Å². The highest BCUT2D eigenvalue weighted by atomic mass is 16.2. The van der Waals surface area contributed by atoms with E-state index in [4.69, 9.17) is 0 Å². The van der Waals surface area contributed by atoms with E-state index in [2.05, 4.69) is 81.8 Å². The average molecular weight is 360 g/mol. The van der Waals surface area contributed by atoms with Crippen molar-refractivity contribution in [1.82, 2.24) is 10.2 Å². The maximum atomic E-state index is 12.5. The molecule has 1 aliphatic rings. The van der Waals surface area contributed by atoms with Crippen LogP contribution in [-0.4, -0.2) is 49.1 Å². The quantitative estimate of drug-likeness (QED) is 0.869. The lowest BCUT2D eigenvalue weighted by atomic mass is 9.82. The van der Waals surface area contributed by atoms with Crippen molar-refractivity contribution in [2.75, 3.05) is 37.6 Å². The first-order valence-electron chi connectivity index (χ1n) is 9.81. The molecule has 1 saturated heterocycles. The smallest absolute Gasteiger partial charge is 0.234 e. The Hall–Kier alpha value is -1.55. The second kappa shape index (κ2) is 7.99. The summed E-state index contributed by atoms with van der Waals surface area (Å²) in [5.74, 6) is 0.138. The molecular weight excluding hydrogens is 322 g/mol. The molecule has 0 bridgehead atoms. The van der Waals surface area contributed by atoms with Gasteiger partial charge in [0.15, 0.2) is 0 Å². The Bertz CT molecular complexity index is 623. The molecule has 1 N–H and O–H groups in total. The minimum atomic E-state index is -0.171. The van der Waals surface area contributed by atoms with Crippen molar-refractivity contribution in [3.8, 4) is 0 Å². The molecule has 1 heterocycles. The zero-order chi connectivity index (χ0) is 19.5. The summed E-state index contributed by atoms with van der Waals surface area (Å²) in [6, 6.07) is 6.51. The normalized spacial score (nSPS) is 16.7. The molecule has 4 nitrogen and oxygen atoms in total. The minimum Gasteiger partial charge on any atom is -0.369 e. The van der Waals surface area contributed by atoms with Crippen LogP contribution in [0.3, 0.4) is 0 Å². The summed E-state index contributed by atoms with van der Waals surface area (Å²) in [6.45, 7) is 19.6. The monoisotopic (exact) mass is 359 g/mol. The molecule has 0 unspecified atom stereocenters. The van der Waals surface area contributed by atoms with Crippen LogP contribution in [0.2, 0.25) is 0 Å². The Kier molecular flexibility index (Phi) is 6.38. The topological polar surface area (TPSA) is 35.6 Å². The molecule has 2 rings (SSSR count). The van der Waals surface area contributed by atoms with Gasteiger partial charge in [0.1, 0.15) is 0 Å². The number of hydrogen-bond donors (Lipinski definition) is 1. The molecule has 1 aliphatic heterocycles. The summed E-state index contributed by atoms with van der Waals surface area (Å²) in [7, 11) is 0. The Morgan fingerprint density at radius 3 is 2.23 bits per heavy atom.